The van der Waals surface area contributed by atoms with Gasteiger partial charge in [0.1, 0.15) is 0 Å². The summed E-state index contributed by atoms with van der Waals surface area (Å²) in [4.78, 5) is 27.0. The number of rotatable bonds is 6. The summed E-state index contributed by atoms with van der Waals surface area (Å²) in [6, 6.07) is 3.54. The van der Waals surface area contributed by atoms with E-state index in [4.69, 9.17) is 4.74 Å². The molecule has 0 bridgehead atoms. The third-order valence-corrected chi connectivity index (χ3v) is 5.73. The molecule has 1 amide bonds. The summed E-state index contributed by atoms with van der Waals surface area (Å²) in [6.07, 6.45) is 11.7. The number of hydrogen-bond donors (Lipinski definition) is 0. The Morgan fingerprint density at radius 1 is 1.16 bits per heavy atom. The highest BCUT2D eigenvalue weighted by atomic mass is 16.5. The Kier molecular flexibility index (Phi) is 6.29. The van der Waals surface area contributed by atoms with E-state index in [1.807, 2.05) is 0 Å². The molecule has 1 unspecified atom stereocenters. The highest BCUT2D eigenvalue weighted by molar-refractivity contribution is 5.94. The fourth-order valence-corrected chi connectivity index (χ4v) is 4.34. The second kappa shape index (κ2) is 8.65. The molecule has 5 nitrogen and oxygen atoms in total. The molecular formula is C20H30N2O3. The second-order valence-corrected chi connectivity index (χ2v) is 7.48. The van der Waals surface area contributed by atoms with Crippen molar-refractivity contribution in [3.8, 4) is 0 Å². The Morgan fingerprint density at radius 2 is 1.96 bits per heavy atom. The standard InChI is InChI=1S/C20H30N2O3/c1-25-13-12-21-15-17(9-10-19(21)23)20(24)22-11-5-8-18(22)14-16-6-3-2-4-7-16/h9-10,15-16,18H,2-8,11-14H2,1H3. The van der Waals surface area contributed by atoms with Gasteiger partial charge in [-0.1, -0.05) is 32.1 Å². The van der Waals surface area contributed by atoms with Crippen LogP contribution in [-0.4, -0.2) is 41.7 Å². The largest absolute Gasteiger partial charge is 0.383 e. The summed E-state index contributed by atoms with van der Waals surface area (Å²) in [6.45, 7) is 1.78. The lowest BCUT2D eigenvalue weighted by molar-refractivity contribution is 0.0710. The van der Waals surface area contributed by atoms with E-state index in [-0.39, 0.29) is 11.5 Å². The van der Waals surface area contributed by atoms with Crippen molar-refractivity contribution in [1.29, 1.82) is 0 Å². The molecule has 2 fully saturated rings. The minimum Gasteiger partial charge on any atom is -0.383 e. The van der Waals surface area contributed by atoms with Gasteiger partial charge in [-0.25, -0.2) is 0 Å². The molecule has 0 radical (unpaired) electrons. The van der Waals surface area contributed by atoms with Crippen LogP contribution in [0.2, 0.25) is 0 Å². The summed E-state index contributed by atoms with van der Waals surface area (Å²) in [5.74, 6) is 0.854. The van der Waals surface area contributed by atoms with Crippen LogP contribution in [0.5, 0.6) is 0 Å². The van der Waals surface area contributed by atoms with Crippen molar-refractivity contribution < 1.29 is 9.53 Å². The molecule has 2 heterocycles. The molecule has 0 spiro atoms. The van der Waals surface area contributed by atoms with Gasteiger partial charge >= 0.3 is 0 Å². The molecule has 138 valence electrons. The fourth-order valence-electron chi connectivity index (χ4n) is 4.34. The molecule has 1 atom stereocenters. The molecule has 1 aliphatic heterocycles. The van der Waals surface area contributed by atoms with Gasteiger partial charge in [-0.05, 0) is 31.2 Å². The predicted molar refractivity (Wildman–Crippen MR) is 97.8 cm³/mol. The van der Waals surface area contributed by atoms with Gasteiger partial charge in [0.15, 0.2) is 0 Å². The average molecular weight is 346 g/mol. The fraction of sp³-hybridized carbons (Fsp3) is 0.700. The molecule has 1 aromatic rings. The van der Waals surface area contributed by atoms with Crippen molar-refractivity contribution in [2.45, 2.75) is 64.0 Å². The van der Waals surface area contributed by atoms with Crippen molar-refractivity contribution in [3.05, 3.63) is 34.2 Å². The summed E-state index contributed by atoms with van der Waals surface area (Å²) in [5.41, 5.74) is 0.528. The van der Waals surface area contributed by atoms with Crippen molar-refractivity contribution in [1.82, 2.24) is 9.47 Å². The molecule has 0 N–H and O–H groups in total. The van der Waals surface area contributed by atoms with Crippen LogP contribution >= 0.6 is 0 Å². The monoisotopic (exact) mass is 346 g/mol. The maximum absolute atomic E-state index is 13.0. The number of likely N-dealkylation sites (tertiary alicyclic amines) is 1. The number of aromatic nitrogens is 1. The van der Waals surface area contributed by atoms with Crippen LogP contribution in [0.1, 0.15) is 61.7 Å². The van der Waals surface area contributed by atoms with Gasteiger partial charge < -0.3 is 14.2 Å². The van der Waals surface area contributed by atoms with Crippen LogP contribution in [0.4, 0.5) is 0 Å². The zero-order valence-electron chi connectivity index (χ0n) is 15.3. The minimum atomic E-state index is -0.0891. The molecule has 5 heteroatoms. The van der Waals surface area contributed by atoms with Gasteiger partial charge in [0.25, 0.3) is 11.5 Å². The van der Waals surface area contributed by atoms with Gasteiger partial charge in [0.05, 0.1) is 12.2 Å². The number of methoxy groups -OCH3 is 1. The lowest BCUT2D eigenvalue weighted by Gasteiger charge is -2.30. The predicted octanol–water partition coefficient (Wildman–Crippen LogP) is 3.07. The number of ether oxygens (including phenoxy) is 1. The van der Waals surface area contributed by atoms with Gasteiger partial charge in [-0.2, -0.15) is 0 Å². The summed E-state index contributed by atoms with van der Waals surface area (Å²) >= 11 is 0. The maximum Gasteiger partial charge on any atom is 0.255 e. The van der Waals surface area contributed by atoms with Gasteiger partial charge in [-0.15, -0.1) is 0 Å². The van der Waals surface area contributed by atoms with Gasteiger partial charge in [-0.3, -0.25) is 9.59 Å². The third-order valence-electron chi connectivity index (χ3n) is 5.73. The molecular weight excluding hydrogens is 316 g/mol. The smallest absolute Gasteiger partial charge is 0.255 e. The number of hydrogen-bond acceptors (Lipinski definition) is 3. The van der Waals surface area contributed by atoms with E-state index < -0.39 is 0 Å². The van der Waals surface area contributed by atoms with Crippen LogP contribution in [0.3, 0.4) is 0 Å². The van der Waals surface area contributed by atoms with E-state index in [1.165, 1.54) is 38.2 Å². The van der Waals surface area contributed by atoms with Crippen LogP contribution in [-0.2, 0) is 11.3 Å². The Bertz CT molecular complexity index is 634. The van der Waals surface area contributed by atoms with Crippen LogP contribution in [0.15, 0.2) is 23.1 Å². The molecule has 3 rings (SSSR count). The zero-order valence-corrected chi connectivity index (χ0v) is 15.3. The first-order valence-corrected chi connectivity index (χ1v) is 9.69. The number of amides is 1. The minimum absolute atomic E-state index is 0.0736. The highest BCUT2D eigenvalue weighted by Gasteiger charge is 2.31. The first kappa shape index (κ1) is 18.2. The summed E-state index contributed by atoms with van der Waals surface area (Å²) in [5, 5.41) is 0. The molecule has 25 heavy (non-hydrogen) atoms. The van der Waals surface area contributed by atoms with Gasteiger partial charge in [0.2, 0.25) is 0 Å². The summed E-state index contributed by atoms with van der Waals surface area (Å²) in [7, 11) is 1.61. The highest BCUT2D eigenvalue weighted by Crippen LogP contribution is 2.32. The van der Waals surface area contributed by atoms with E-state index in [1.54, 1.807) is 23.9 Å². The van der Waals surface area contributed by atoms with Crippen LogP contribution in [0.25, 0.3) is 0 Å². The lowest BCUT2D eigenvalue weighted by atomic mass is 9.84. The summed E-state index contributed by atoms with van der Waals surface area (Å²) < 4.78 is 6.62. The first-order valence-electron chi connectivity index (χ1n) is 9.69. The molecule has 1 saturated heterocycles. The average Bonchev–Trinajstić information content (AvgIpc) is 3.09. The Balaban J connectivity index is 1.69. The normalized spacial score (nSPS) is 21.6. The number of pyridine rings is 1. The van der Waals surface area contributed by atoms with E-state index in [9.17, 15) is 9.59 Å². The Labute approximate surface area is 150 Å². The van der Waals surface area contributed by atoms with E-state index in [2.05, 4.69) is 4.90 Å². The number of carbonyl (C=O) groups excluding carboxylic acids is 1. The third kappa shape index (κ3) is 4.51. The first-order chi connectivity index (χ1) is 12.2. The van der Waals surface area contributed by atoms with E-state index in [0.717, 1.165) is 31.7 Å². The van der Waals surface area contributed by atoms with Crippen molar-refractivity contribution in [2.24, 2.45) is 5.92 Å². The molecule has 1 aromatic heterocycles. The lowest BCUT2D eigenvalue weighted by Crippen LogP contribution is -2.37. The molecule has 2 aliphatic rings. The van der Waals surface area contributed by atoms with Crippen molar-refractivity contribution in [3.63, 3.8) is 0 Å². The SMILES string of the molecule is COCCn1cc(C(=O)N2CCCC2CC2CCCCC2)ccc1=O. The van der Waals surface area contributed by atoms with Gasteiger partial charge in [0, 0.05) is 38.5 Å². The molecule has 0 aromatic carbocycles. The van der Waals surface area contributed by atoms with Crippen LogP contribution < -0.4 is 5.56 Å². The zero-order chi connectivity index (χ0) is 17.6. The van der Waals surface area contributed by atoms with E-state index in [0.29, 0.717) is 24.8 Å². The molecule has 1 aliphatic carbocycles. The number of nitrogens with zero attached hydrogens (tertiary/aromatic N) is 2. The van der Waals surface area contributed by atoms with Crippen molar-refractivity contribution >= 4 is 5.91 Å². The Hall–Kier alpha value is -1.62. The van der Waals surface area contributed by atoms with Crippen molar-refractivity contribution in [2.75, 3.05) is 20.3 Å². The van der Waals surface area contributed by atoms with Crippen LogP contribution in [0, 0.1) is 5.92 Å². The van der Waals surface area contributed by atoms with E-state index >= 15 is 0 Å². The Morgan fingerprint density at radius 3 is 2.72 bits per heavy atom. The molecule has 1 saturated carbocycles. The quantitative estimate of drug-likeness (QED) is 0.795. The topological polar surface area (TPSA) is 51.5 Å². The second-order valence-electron chi connectivity index (χ2n) is 7.48. The maximum atomic E-state index is 13.0. The number of carbonyl (C=O) groups is 1.